The number of carbonyl (C=O) groups is 3. The summed E-state index contributed by atoms with van der Waals surface area (Å²) in [5.74, 6) is -0.888. The van der Waals surface area contributed by atoms with E-state index in [-0.39, 0.29) is 29.7 Å². The maximum atomic E-state index is 12.8. The molecule has 0 fully saturated rings. The minimum absolute atomic E-state index is 0.0268. The van der Waals surface area contributed by atoms with Gasteiger partial charge in [0.15, 0.2) is 0 Å². The van der Waals surface area contributed by atoms with Crippen LogP contribution in [0.4, 0.5) is 4.79 Å². The molecule has 0 spiro atoms. The molecule has 2 aromatic rings. The van der Waals surface area contributed by atoms with E-state index in [4.69, 9.17) is 14.2 Å². The van der Waals surface area contributed by atoms with Crippen LogP contribution in [-0.2, 0) is 24.3 Å². The summed E-state index contributed by atoms with van der Waals surface area (Å²) in [5, 5.41) is 5.26. The second kappa shape index (κ2) is 13.6. The molecular formula is C28H39N3O8S. The predicted molar refractivity (Wildman–Crippen MR) is 149 cm³/mol. The molecule has 0 aliphatic heterocycles. The number of nitrogens with one attached hydrogen (secondary N) is 3. The molecule has 0 aliphatic carbocycles. The Labute approximate surface area is 236 Å². The molecule has 0 bridgehead atoms. The van der Waals surface area contributed by atoms with Crippen molar-refractivity contribution in [2.45, 2.75) is 76.6 Å². The molecule has 2 atom stereocenters. The normalized spacial score (nSPS) is 13.5. The quantitative estimate of drug-likeness (QED) is 0.344. The van der Waals surface area contributed by atoms with Crippen molar-refractivity contribution < 1.29 is 37.0 Å². The first-order valence-corrected chi connectivity index (χ1v) is 14.2. The molecule has 0 heterocycles. The van der Waals surface area contributed by atoms with Gasteiger partial charge in [-0.1, -0.05) is 18.2 Å². The molecule has 0 aromatic heterocycles. The van der Waals surface area contributed by atoms with Crippen LogP contribution in [0.2, 0.25) is 0 Å². The van der Waals surface area contributed by atoms with Crippen LogP contribution in [0.1, 0.15) is 58.8 Å². The summed E-state index contributed by atoms with van der Waals surface area (Å²) in [6, 6.07) is 12.1. The third kappa shape index (κ3) is 11.6. The predicted octanol–water partition coefficient (Wildman–Crippen LogP) is 3.40. The van der Waals surface area contributed by atoms with E-state index >= 15 is 0 Å². The monoisotopic (exact) mass is 577 g/mol. The fraction of sp³-hybridized carbons (Fsp3) is 0.464. The molecule has 3 N–H and O–H groups in total. The smallest absolute Gasteiger partial charge is 0.407 e. The summed E-state index contributed by atoms with van der Waals surface area (Å²) in [7, 11) is -4.06. The van der Waals surface area contributed by atoms with Crippen LogP contribution in [0.5, 0.6) is 5.75 Å². The highest BCUT2D eigenvalue weighted by Gasteiger charge is 2.30. The van der Waals surface area contributed by atoms with Gasteiger partial charge in [0.2, 0.25) is 10.0 Å². The third-order valence-electron chi connectivity index (χ3n) is 4.89. The molecule has 0 radical (unpaired) electrons. The second-order valence-corrected chi connectivity index (χ2v) is 12.8. The van der Waals surface area contributed by atoms with Crippen molar-refractivity contribution >= 4 is 28.0 Å². The summed E-state index contributed by atoms with van der Waals surface area (Å²) in [5.41, 5.74) is -1.21. The zero-order valence-corrected chi connectivity index (χ0v) is 24.8. The first-order chi connectivity index (χ1) is 18.4. The maximum Gasteiger partial charge on any atom is 0.407 e. The Balaban J connectivity index is 1.99. The Morgan fingerprint density at radius 3 is 1.98 bits per heavy atom. The lowest BCUT2D eigenvalue weighted by Gasteiger charge is -2.24. The first kappa shape index (κ1) is 32.6. The molecule has 0 aliphatic rings. The minimum Gasteiger partial charge on any atom is -0.491 e. The summed E-state index contributed by atoms with van der Waals surface area (Å²) in [6.07, 6.45) is -0.550. The number of alkyl carbamates (subject to hydrolysis) is 1. The first-order valence-electron chi connectivity index (χ1n) is 12.8. The maximum absolute atomic E-state index is 12.8. The van der Waals surface area contributed by atoms with Crippen molar-refractivity contribution in [1.29, 1.82) is 0 Å². The van der Waals surface area contributed by atoms with E-state index in [2.05, 4.69) is 15.4 Å². The Morgan fingerprint density at radius 1 is 0.850 bits per heavy atom. The number of sulfonamides is 1. The highest BCUT2D eigenvalue weighted by Crippen LogP contribution is 2.14. The fourth-order valence-electron chi connectivity index (χ4n) is 3.17. The number of ether oxygens (including phenoxy) is 3. The third-order valence-corrected chi connectivity index (χ3v) is 6.38. The van der Waals surface area contributed by atoms with E-state index in [0.29, 0.717) is 5.75 Å². The number of benzene rings is 2. The molecule has 2 aromatic carbocycles. The van der Waals surface area contributed by atoms with Crippen LogP contribution in [0.25, 0.3) is 0 Å². The van der Waals surface area contributed by atoms with Gasteiger partial charge in [-0.3, -0.25) is 9.59 Å². The number of hydrogen-bond donors (Lipinski definition) is 3. The van der Waals surface area contributed by atoms with Gasteiger partial charge in [-0.25, -0.2) is 13.2 Å². The van der Waals surface area contributed by atoms with Crippen LogP contribution < -0.4 is 20.1 Å². The SMILES string of the molecule is CC(COc1ccc(C(=O)NCC(NS(=O)(=O)c2ccccc2)C(=O)OC(C)(C)C)cc1)NC(=O)OC(C)(C)C. The van der Waals surface area contributed by atoms with Crippen molar-refractivity contribution in [2.24, 2.45) is 0 Å². The van der Waals surface area contributed by atoms with Crippen LogP contribution >= 0.6 is 0 Å². The molecule has 2 amide bonds. The molecule has 11 nitrogen and oxygen atoms in total. The molecule has 40 heavy (non-hydrogen) atoms. The Morgan fingerprint density at radius 2 is 1.43 bits per heavy atom. The van der Waals surface area contributed by atoms with Crippen LogP contribution in [0.3, 0.4) is 0 Å². The zero-order valence-electron chi connectivity index (χ0n) is 23.9. The van der Waals surface area contributed by atoms with Crippen molar-refractivity contribution in [1.82, 2.24) is 15.4 Å². The van der Waals surface area contributed by atoms with E-state index in [1.807, 2.05) is 0 Å². The number of amides is 2. The van der Waals surface area contributed by atoms with Gasteiger partial charge >= 0.3 is 12.1 Å². The summed E-state index contributed by atoms with van der Waals surface area (Å²) in [6.45, 7) is 11.9. The topological polar surface area (TPSA) is 149 Å². The van der Waals surface area contributed by atoms with Crippen molar-refractivity contribution in [3.63, 3.8) is 0 Å². The largest absolute Gasteiger partial charge is 0.491 e. The van der Waals surface area contributed by atoms with Crippen molar-refractivity contribution in [3.8, 4) is 5.75 Å². The Kier molecular flexibility index (Phi) is 11.1. The van der Waals surface area contributed by atoms with E-state index in [1.165, 1.54) is 24.3 Å². The lowest BCUT2D eigenvalue weighted by Crippen LogP contribution is -2.50. The van der Waals surface area contributed by atoms with Crippen molar-refractivity contribution in [2.75, 3.05) is 13.2 Å². The second-order valence-electron chi connectivity index (χ2n) is 11.1. The van der Waals surface area contributed by atoms with Gasteiger partial charge in [0.25, 0.3) is 5.91 Å². The highest BCUT2D eigenvalue weighted by atomic mass is 32.2. The highest BCUT2D eigenvalue weighted by molar-refractivity contribution is 7.89. The summed E-state index contributed by atoms with van der Waals surface area (Å²) < 4.78 is 44.2. The summed E-state index contributed by atoms with van der Waals surface area (Å²) >= 11 is 0. The minimum atomic E-state index is -4.06. The van der Waals surface area contributed by atoms with Gasteiger partial charge in [0.1, 0.15) is 29.6 Å². The van der Waals surface area contributed by atoms with Gasteiger partial charge in [0, 0.05) is 12.1 Å². The molecule has 220 valence electrons. The van der Waals surface area contributed by atoms with E-state index in [0.717, 1.165) is 0 Å². The van der Waals surface area contributed by atoms with Crippen molar-refractivity contribution in [3.05, 3.63) is 60.2 Å². The van der Waals surface area contributed by atoms with Crippen LogP contribution in [-0.4, -0.2) is 62.8 Å². The number of esters is 1. The Bertz CT molecular complexity index is 1250. The average Bonchev–Trinajstić information content (AvgIpc) is 2.83. The van der Waals surface area contributed by atoms with E-state index in [1.54, 1.807) is 78.8 Å². The summed E-state index contributed by atoms with van der Waals surface area (Å²) in [4.78, 5) is 37.4. The van der Waals surface area contributed by atoms with Crippen LogP contribution in [0.15, 0.2) is 59.5 Å². The lowest BCUT2D eigenvalue weighted by molar-refractivity contribution is -0.156. The average molecular weight is 578 g/mol. The van der Waals surface area contributed by atoms with Gasteiger partial charge in [-0.2, -0.15) is 4.72 Å². The number of carbonyl (C=O) groups excluding carboxylic acids is 3. The lowest BCUT2D eigenvalue weighted by atomic mass is 10.2. The van der Waals surface area contributed by atoms with Gasteiger partial charge < -0.3 is 24.8 Å². The van der Waals surface area contributed by atoms with E-state index in [9.17, 15) is 22.8 Å². The number of hydrogen-bond acceptors (Lipinski definition) is 8. The fourth-order valence-corrected chi connectivity index (χ4v) is 4.38. The van der Waals surface area contributed by atoms with Gasteiger partial charge in [-0.05, 0) is 84.9 Å². The Hall–Kier alpha value is -3.64. The molecule has 2 rings (SSSR count). The molecule has 0 saturated carbocycles. The standard InChI is InChI=1S/C28H39N3O8S/c1-19(30-26(34)39-28(5,6)7)18-37-21-15-13-20(14-16-21)24(32)29-17-23(25(33)38-27(2,3)4)31-40(35,36)22-11-9-8-10-12-22/h8-16,19,23,31H,17-18H2,1-7H3,(H,29,32)(H,30,34). The molecule has 0 saturated heterocycles. The molecular weight excluding hydrogens is 538 g/mol. The molecule has 12 heteroatoms. The van der Waals surface area contributed by atoms with Gasteiger partial charge in [-0.15, -0.1) is 0 Å². The molecule has 2 unspecified atom stereocenters. The van der Waals surface area contributed by atoms with Crippen LogP contribution in [0, 0.1) is 0 Å². The zero-order chi connectivity index (χ0) is 30.1. The van der Waals surface area contributed by atoms with Gasteiger partial charge in [0.05, 0.1) is 10.9 Å². The van der Waals surface area contributed by atoms with E-state index < -0.39 is 45.2 Å². The number of rotatable bonds is 11.